The van der Waals surface area contributed by atoms with Crippen LogP contribution in [0.1, 0.15) is 11.3 Å². The maximum absolute atomic E-state index is 4.46. The third-order valence-electron chi connectivity index (χ3n) is 3.16. The first-order valence-electron chi connectivity index (χ1n) is 6.32. The van der Waals surface area contributed by atoms with Crippen LogP contribution in [-0.4, -0.2) is 27.0 Å². The molecular formula is C14H15N5S. The fraction of sp³-hybridized carbons (Fsp3) is 0.214. The minimum absolute atomic E-state index is 0.808. The van der Waals surface area contributed by atoms with Crippen LogP contribution >= 0.6 is 11.3 Å². The van der Waals surface area contributed by atoms with Crippen molar-refractivity contribution in [3.05, 3.63) is 41.7 Å². The van der Waals surface area contributed by atoms with Crippen molar-refractivity contribution in [3.63, 3.8) is 0 Å². The molecule has 0 saturated carbocycles. The third-order valence-corrected chi connectivity index (χ3v) is 4.13. The lowest BCUT2D eigenvalue weighted by molar-refractivity contribution is 0.847. The van der Waals surface area contributed by atoms with Gasteiger partial charge in [0.05, 0.1) is 23.1 Å². The highest BCUT2D eigenvalue weighted by atomic mass is 32.1. The first kappa shape index (κ1) is 12.8. The van der Waals surface area contributed by atoms with E-state index in [0.29, 0.717) is 0 Å². The molecule has 0 atom stereocenters. The molecule has 0 aliphatic heterocycles. The summed E-state index contributed by atoms with van der Waals surface area (Å²) >= 11 is 1.52. The largest absolute Gasteiger partial charge is 0.363 e. The van der Waals surface area contributed by atoms with Crippen LogP contribution in [0.5, 0.6) is 0 Å². The highest BCUT2D eigenvalue weighted by Gasteiger charge is 2.14. The fourth-order valence-electron chi connectivity index (χ4n) is 2.00. The van der Waals surface area contributed by atoms with Gasteiger partial charge in [0.1, 0.15) is 0 Å². The molecule has 0 saturated heterocycles. The van der Waals surface area contributed by atoms with Crippen LogP contribution in [0.4, 0.5) is 5.13 Å². The summed E-state index contributed by atoms with van der Waals surface area (Å²) in [6, 6.07) is 8.30. The first-order valence-corrected chi connectivity index (χ1v) is 7.14. The lowest BCUT2D eigenvalue weighted by atomic mass is 10.2. The van der Waals surface area contributed by atoms with E-state index in [1.807, 2.05) is 24.9 Å². The summed E-state index contributed by atoms with van der Waals surface area (Å²) in [4.78, 5) is 0. The molecule has 2 aromatic heterocycles. The van der Waals surface area contributed by atoms with Gasteiger partial charge in [-0.1, -0.05) is 29.0 Å². The van der Waals surface area contributed by atoms with Gasteiger partial charge >= 0.3 is 0 Å². The van der Waals surface area contributed by atoms with Gasteiger partial charge in [0.2, 0.25) is 5.13 Å². The molecule has 0 fully saturated rings. The Balaban J connectivity index is 2.02. The monoisotopic (exact) mass is 285 g/mol. The first-order chi connectivity index (χ1) is 9.69. The molecule has 102 valence electrons. The second kappa shape index (κ2) is 5.05. The van der Waals surface area contributed by atoms with Crippen molar-refractivity contribution < 1.29 is 0 Å². The topological polar surface area (TPSA) is 55.6 Å². The number of nitrogens with zero attached hydrogens (tertiary/aromatic N) is 4. The zero-order valence-corrected chi connectivity index (χ0v) is 12.4. The minimum Gasteiger partial charge on any atom is -0.363 e. The number of aryl methyl sites for hydroxylation is 1. The molecule has 6 heteroatoms. The minimum atomic E-state index is 0.808. The molecule has 5 nitrogen and oxygen atoms in total. The van der Waals surface area contributed by atoms with E-state index >= 15 is 0 Å². The van der Waals surface area contributed by atoms with Crippen LogP contribution < -0.4 is 5.32 Å². The van der Waals surface area contributed by atoms with E-state index in [-0.39, 0.29) is 0 Å². The summed E-state index contributed by atoms with van der Waals surface area (Å²) in [7, 11) is 1.84. The van der Waals surface area contributed by atoms with Gasteiger partial charge in [0.15, 0.2) is 5.01 Å². The Hall–Kier alpha value is -2.21. The number of aromatic nitrogens is 4. The molecule has 2 heterocycles. The van der Waals surface area contributed by atoms with Gasteiger partial charge in [-0.15, -0.1) is 10.2 Å². The van der Waals surface area contributed by atoms with Gasteiger partial charge in [0, 0.05) is 7.05 Å². The second-order valence-electron chi connectivity index (χ2n) is 4.55. The van der Waals surface area contributed by atoms with Crippen molar-refractivity contribution in [2.45, 2.75) is 13.8 Å². The average Bonchev–Trinajstić information content (AvgIpc) is 3.06. The highest BCUT2D eigenvalue weighted by Crippen LogP contribution is 2.29. The Kier molecular flexibility index (Phi) is 3.23. The number of rotatable bonds is 3. The number of nitrogens with one attached hydrogen (secondary N) is 1. The smallest absolute Gasteiger partial charge is 0.205 e. The molecule has 0 amide bonds. The maximum atomic E-state index is 4.46. The molecule has 0 spiro atoms. The fourth-order valence-corrected chi connectivity index (χ4v) is 2.76. The average molecular weight is 285 g/mol. The lowest BCUT2D eigenvalue weighted by Crippen LogP contribution is -1.98. The van der Waals surface area contributed by atoms with E-state index in [2.05, 4.69) is 51.8 Å². The van der Waals surface area contributed by atoms with Crippen molar-refractivity contribution in [1.29, 1.82) is 0 Å². The molecule has 0 aliphatic carbocycles. The van der Waals surface area contributed by atoms with Crippen LogP contribution in [0.15, 0.2) is 30.5 Å². The van der Waals surface area contributed by atoms with Gasteiger partial charge in [-0.25, -0.2) is 4.68 Å². The Morgan fingerprint density at radius 3 is 2.50 bits per heavy atom. The molecule has 0 unspecified atom stereocenters. The number of anilines is 1. The highest BCUT2D eigenvalue weighted by molar-refractivity contribution is 7.18. The molecule has 1 aromatic carbocycles. The molecule has 0 bridgehead atoms. The van der Waals surface area contributed by atoms with Gasteiger partial charge in [-0.3, -0.25) is 0 Å². The van der Waals surface area contributed by atoms with E-state index < -0.39 is 0 Å². The number of benzene rings is 1. The summed E-state index contributed by atoms with van der Waals surface area (Å²) in [5.41, 5.74) is 4.37. The predicted molar refractivity (Wildman–Crippen MR) is 81.5 cm³/mol. The van der Waals surface area contributed by atoms with Crippen LogP contribution in [0.3, 0.4) is 0 Å². The molecule has 1 N–H and O–H groups in total. The van der Waals surface area contributed by atoms with Crippen molar-refractivity contribution in [2.75, 3.05) is 12.4 Å². The number of hydrogen-bond acceptors (Lipinski definition) is 5. The molecule has 3 rings (SSSR count). The van der Waals surface area contributed by atoms with E-state index in [1.165, 1.54) is 16.9 Å². The van der Waals surface area contributed by atoms with Crippen LogP contribution in [0, 0.1) is 13.8 Å². The number of hydrogen-bond donors (Lipinski definition) is 1. The van der Waals surface area contributed by atoms with Crippen LogP contribution in [-0.2, 0) is 0 Å². The summed E-state index contributed by atoms with van der Waals surface area (Å²) in [6.45, 7) is 4.12. The SMILES string of the molecule is CNc1nnc(-c2cnn(-c3ccc(C)cc3)c2C)s1. The van der Waals surface area contributed by atoms with Gasteiger partial charge in [-0.2, -0.15) is 5.10 Å². The molecular weight excluding hydrogens is 270 g/mol. The normalized spacial score (nSPS) is 10.8. The van der Waals surface area contributed by atoms with E-state index in [9.17, 15) is 0 Å². The Bertz CT molecular complexity index is 726. The van der Waals surface area contributed by atoms with Crippen molar-refractivity contribution in [2.24, 2.45) is 0 Å². The van der Waals surface area contributed by atoms with Gasteiger partial charge in [-0.05, 0) is 26.0 Å². The van der Waals surface area contributed by atoms with E-state index in [0.717, 1.165) is 27.1 Å². The van der Waals surface area contributed by atoms with Crippen molar-refractivity contribution in [3.8, 4) is 16.3 Å². The third kappa shape index (κ3) is 2.18. The van der Waals surface area contributed by atoms with Gasteiger partial charge < -0.3 is 5.32 Å². The van der Waals surface area contributed by atoms with Crippen LogP contribution in [0.25, 0.3) is 16.3 Å². The quantitative estimate of drug-likeness (QED) is 0.803. The van der Waals surface area contributed by atoms with E-state index in [1.54, 1.807) is 0 Å². The zero-order valence-electron chi connectivity index (χ0n) is 11.6. The summed E-state index contributed by atoms with van der Waals surface area (Å²) in [6.07, 6.45) is 1.84. The molecule has 0 aliphatic rings. The standard InChI is InChI=1S/C14H15N5S/c1-9-4-6-11(7-5-9)19-10(2)12(8-16-19)13-17-18-14(15-3)20-13/h4-8H,1-3H3,(H,15,18). The van der Waals surface area contributed by atoms with Gasteiger partial charge in [0.25, 0.3) is 0 Å². The summed E-state index contributed by atoms with van der Waals surface area (Å²) in [5, 5.41) is 17.4. The Morgan fingerprint density at radius 1 is 1.10 bits per heavy atom. The Labute approximate surface area is 121 Å². The second-order valence-corrected chi connectivity index (χ2v) is 5.53. The summed E-state index contributed by atoms with van der Waals surface area (Å²) in [5.74, 6) is 0. The zero-order chi connectivity index (χ0) is 14.1. The van der Waals surface area contributed by atoms with Crippen molar-refractivity contribution in [1.82, 2.24) is 20.0 Å². The molecule has 3 aromatic rings. The lowest BCUT2D eigenvalue weighted by Gasteiger charge is -2.05. The summed E-state index contributed by atoms with van der Waals surface area (Å²) < 4.78 is 1.93. The predicted octanol–water partition coefficient (Wildman–Crippen LogP) is 3.05. The Morgan fingerprint density at radius 2 is 1.85 bits per heavy atom. The molecule has 0 radical (unpaired) electrons. The van der Waals surface area contributed by atoms with Crippen LogP contribution in [0.2, 0.25) is 0 Å². The van der Waals surface area contributed by atoms with E-state index in [4.69, 9.17) is 0 Å². The maximum Gasteiger partial charge on any atom is 0.205 e. The van der Waals surface area contributed by atoms with Crippen molar-refractivity contribution >= 4 is 16.5 Å². The molecule has 20 heavy (non-hydrogen) atoms.